The van der Waals surface area contributed by atoms with Crippen LogP contribution < -0.4 is 0 Å². The normalized spacial score (nSPS) is 13.7. The van der Waals surface area contributed by atoms with Crippen LogP contribution in [0.15, 0.2) is 62.8 Å². The van der Waals surface area contributed by atoms with Crippen molar-refractivity contribution < 1.29 is 19.4 Å². The number of aliphatic carboxylic acids is 1. The van der Waals surface area contributed by atoms with Crippen molar-refractivity contribution in [1.82, 2.24) is 9.97 Å². The lowest BCUT2D eigenvalue weighted by Gasteiger charge is -2.09. The van der Waals surface area contributed by atoms with E-state index in [1.807, 2.05) is 24.3 Å². The average Bonchev–Trinajstić information content (AvgIpc) is 3.08. The van der Waals surface area contributed by atoms with Gasteiger partial charge < -0.3 is 9.84 Å². The molecule has 8 heteroatoms. The zero-order valence-corrected chi connectivity index (χ0v) is 14.6. The van der Waals surface area contributed by atoms with Gasteiger partial charge in [-0.3, -0.25) is 9.97 Å². The van der Waals surface area contributed by atoms with E-state index in [1.54, 1.807) is 24.5 Å². The Kier molecular flexibility index (Phi) is 5.20. The maximum Gasteiger partial charge on any atom is 0.346 e. The van der Waals surface area contributed by atoms with Crippen LogP contribution in [-0.2, 0) is 14.3 Å². The van der Waals surface area contributed by atoms with Crippen LogP contribution in [0.1, 0.15) is 11.4 Å². The molecule has 0 radical (unpaired) electrons. The number of methoxy groups -OCH3 is 1. The number of hydrogen-bond acceptors (Lipinski definition) is 7. The van der Waals surface area contributed by atoms with E-state index in [1.165, 1.54) is 7.11 Å². The van der Waals surface area contributed by atoms with E-state index < -0.39 is 11.9 Å². The third kappa shape index (κ3) is 3.59. The van der Waals surface area contributed by atoms with Gasteiger partial charge in [0, 0.05) is 18.0 Å². The molecule has 0 bridgehead atoms. The number of carboxylic acid groups (broad SMARTS) is 1. The minimum atomic E-state index is -1.17. The Hall–Kier alpha value is -2.58. The highest BCUT2D eigenvalue weighted by molar-refractivity contribution is 8.29. The summed E-state index contributed by atoms with van der Waals surface area (Å²) >= 11 is 2.07. The third-order valence-corrected chi connectivity index (χ3v) is 5.77. The largest absolute Gasteiger partial charge is 0.477 e. The first-order chi connectivity index (χ1) is 12.1. The van der Waals surface area contributed by atoms with E-state index in [-0.39, 0.29) is 9.81 Å². The zero-order valence-electron chi connectivity index (χ0n) is 13.0. The molecule has 0 unspecified atom stereocenters. The van der Waals surface area contributed by atoms with Gasteiger partial charge in [-0.1, -0.05) is 35.7 Å². The van der Waals surface area contributed by atoms with Crippen molar-refractivity contribution in [2.24, 2.45) is 0 Å². The summed E-state index contributed by atoms with van der Waals surface area (Å²) in [7, 11) is 1.22. The molecule has 0 saturated carbocycles. The van der Waals surface area contributed by atoms with Crippen molar-refractivity contribution >= 4 is 41.0 Å². The summed E-state index contributed by atoms with van der Waals surface area (Å²) in [6.45, 7) is 0. The van der Waals surface area contributed by atoms with E-state index >= 15 is 0 Å². The van der Waals surface area contributed by atoms with Crippen LogP contribution in [0.3, 0.4) is 0 Å². The molecule has 3 heterocycles. The minimum Gasteiger partial charge on any atom is -0.477 e. The van der Waals surface area contributed by atoms with E-state index in [9.17, 15) is 14.7 Å². The second-order valence-electron chi connectivity index (χ2n) is 4.75. The Morgan fingerprint density at radius 2 is 1.52 bits per heavy atom. The fourth-order valence-corrected chi connectivity index (χ4v) is 4.65. The topological polar surface area (TPSA) is 89.4 Å². The molecule has 0 aliphatic carbocycles. The number of ether oxygens (including phenoxy) is 1. The Bertz CT molecular complexity index is 839. The van der Waals surface area contributed by atoms with Crippen LogP contribution in [-0.4, -0.2) is 34.1 Å². The maximum absolute atomic E-state index is 11.9. The SMILES string of the molecule is COC(=O)C1=C(C(=O)O)SC(=C(c2ccccn2)c2ccccn2)S1. The van der Waals surface area contributed by atoms with E-state index in [2.05, 4.69) is 9.97 Å². The molecular formula is C17H12N2O4S2. The van der Waals surface area contributed by atoms with Gasteiger partial charge in [-0.15, -0.1) is 0 Å². The van der Waals surface area contributed by atoms with Crippen LogP contribution in [0.25, 0.3) is 5.57 Å². The van der Waals surface area contributed by atoms with Crippen LogP contribution in [0.2, 0.25) is 0 Å². The molecule has 2 aromatic rings. The fourth-order valence-electron chi connectivity index (χ4n) is 2.13. The molecule has 0 saturated heterocycles. The summed E-state index contributed by atoms with van der Waals surface area (Å²) in [5.74, 6) is -1.85. The summed E-state index contributed by atoms with van der Waals surface area (Å²) < 4.78 is 5.33. The van der Waals surface area contributed by atoms with Crippen LogP contribution in [0.5, 0.6) is 0 Å². The van der Waals surface area contributed by atoms with Crippen LogP contribution in [0.4, 0.5) is 0 Å². The molecule has 1 aliphatic heterocycles. The summed E-state index contributed by atoms with van der Waals surface area (Å²) in [5.41, 5.74) is 1.97. The zero-order chi connectivity index (χ0) is 17.8. The number of carbonyl (C=O) groups is 2. The number of thioether (sulfide) groups is 2. The first-order valence-electron chi connectivity index (χ1n) is 7.10. The Labute approximate surface area is 152 Å². The van der Waals surface area contributed by atoms with E-state index in [4.69, 9.17) is 4.74 Å². The lowest BCUT2D eigenvalue weighted by Crippen LogP contribution is -2.06. The monoisotopic (exact) mass is 372 g/mol. The molecule has 0 aromatic carbocycles. The second-order valence-corrected chi connectivity index (χ2v) is 7.05. The number of nitrogens with zero attached hydrogens (tertiary/aromatic N) is 2. The van der Waals surface area contributed by atoms with Gasteiger partial charge in [-0.2, -0.15) is 0 Å². The third-order valence-electron chi connectivity index (χ3n) is 3.21. The predicted octanol–water partition coefficient (Wildman–Crippen LogP) is 3.14. The maximum atomic E-state index is 11.9. The van der Waals surface area contributed by atoms with Gasteiger partial charge in [-0.25, -0.2) is 9.59 Å². The Morgan fingerprint density at radius 3 is 1.96 bits per heavy atom. The van der Waals surface area contributed by atoms with Gasteiger partial charge in [0.2, 0.25) is 0 Å². The molecule has 0 fully saturated rings. The standard InChI is InChI=1S/C17H12N2O4S2/c1-23-16(22)14-13(15(20)21)24-17(25-14)12(10-6-2-4-8-18-10)11-7-3-5-9-19-11/h2-9H,1H3,(H,20,21). The first kappa shape index (κ1) is 17.2. The lowest BCUT2D eigenvalue weighted by molar-refractivity contribution is -0.136. The van der Waals surface area contributed by atoms with E-state index in [0.717, 1.165) is 23.5 Å². The van der Waals surface area contributed by atoms with Gasteiger partial charge >= 0.3 is 11.9 Å². The molecule has 25 heavy (non-hydrogen) atoms. The van der Waals surface area contributed by atoms with Gasteiger partial charge in [0.15, 0.2) is 0 Å². The summed E-state index contributed by atoms with van der Waals surface area (Å²) in [5, 5.41) is 9.42. The number of rotatable bonds is 4. The molecule has 6 nitrogen and oxygen atoms in total. The number of pyridine rings is 2. The van der Waals surface area contributed by atoms with Gasteiger partial charge in [0.1, 0.15) is 9.81 Å². The molecule has 0 amide bonds. The Morgan fingerprint density at radius 1 is 0.960 bits per heavy atom. The average molecular weight is 372 g/mol. The second kappa shape index (κ2) is 7.54. The molecular weight excluding hydrogens is 360 g/mol. The summed E-state index contributed by atoms with van der Waals surface area (Å²) in [6.07, 6.45) is 3.30. The van der Waals surface area contributed by atoms with Crippen molar-refractivity contribution in [1.29, 1.82) is 0 Å². The minimum absolute atomic E-state index is 0.0550. The van der Waals surface area contributed by atoms with Crippen molar-refractivity contribution in [2.45, 2.75) is 0 Å². The lowest BCUT2D eigenvalue weighted by atomic mass is 10.1. The van der Waals surface area contributed by atoms with Crippen LogP contribution >= 0.6 is 23.5 Å². The van der Waals surface area contributed by atoms with Gasteiger partial charge in [0.25, 0.3) is 0 Å². The van der Waals surface area contributed by atoms with Crippen molar-refractivity contribution in [3.63, 3.8) is 0 Å². The molecule has 2 aromatic heterocycles. The van der Waals surface area contributed by atoms with Crippen molar-refractivity contribution in [3.05, 3.63) is 74.2 Å². The summed E-state index contributed by atoms with van der Waals surface area (Å²) in [6, 6.07) is 10.9. The molecule has 1 aliphatic rings. The molecule has 126 valence electrons. The fraction of sp³-hybridized carbons (Fsp3) is 0.0588. The highest BCUT2D eigenvalue weighted by atomic mass is 32.2. The molecule has 0 spiro atoms. The number of carbonyl (C=O) groups excluding carboxylic acids is 1. The highest BCUT2D eigenvalue weighted by Gasteiger charge is 2.34. The van der Waals surface area contributed by atoms with E-state index in [0.29, 0.717) is 21.2 Å². The molecule has 1 N–H and O–H groups in total. The molecule has 3 rings (SSSR count). The highest BCUT2D eigenvalue weighted by Crippen LogP contribution is 2.53. The van der Waals surface area contributed by atoms with Gasteiger partial charge in [-0.05, 0) is 24.3 Å². The smallest absolute Gasteiger partial charge is 0.346 e. The Balaban J connectivity index is 2.14. The van der Waals surface area contributed by atoms with Crippen LogP contribution in [0, 0.1) is 0 Å². The van der Waals surface area contributed by atoms with Crippen molar-refractivity contribution in [2.75, 3.05) is 7.11 Å². The number of aromatic nitrogens is 2. The van der Waals surface area contributed by atoms with Gasteiger partial charge in [0.05, 0.1) is 22.7 Å². The summed E-state index contributed by atoms with van der Waals surface area (Å²) in [4.78, 5) is 32.2. The number of esters is 1. The number of carboxylic acids is 1. The predicted molar refractivity (Wildman–Crippen MR) is 96.4 cm³/mol. The molecule has 0 atom stereocenters. The number of hydrogen-bond donors (Lipinski definition) is 1. The van der Waals surface area contributed by atoms with Crippen molar-refractivity contribution in [3.8, 4) is 0 Å². The quantitative estimate of drug-likeness (QED) is 0.819. The first-order valence-corrected chi connectivity index (χ1v) is 8.73.